The van der Waals surface area contributed by atoms with Gasteiger partial charge in [0.25, 0.3) is 0 Å². The number of fused-ring (bicyclic) bond motifs is 1. The van der Waals surface area contributed by atoms with Crippen molar-refractivity contribution >= 4 is 5.97 Å². The van der Waals surface area contributed by atoms with Gasteiger partial charge in [-0.1, -0.05) is 41.6 Å². The quantitative estimate of drug-likeness (QED) is 0.667. The van der Waals surface area contributed by atoms with Crippen LogP contribution in [-0.4, -0.2) is 24.8 Å². The van der Waals surface area contributed by atoms with Gasteiger partial charge in [-0.05, 0) is 24.1 Å². The fourth-order valence-electron chi connectivity index (χ4n) is 3.38. The molecular weight excluding hydrogens is 330 g/mol. The molecule has 0 unspecified atom stereocenters. The monoisotopic (exact) mass is 349 g/mol. The Morgan fingerprint density at radius 1 is 1.23 bits per heavy atom. The summed E-state index contributed by atoms with van der Waals surface area (Å²) in [6.07, 6.45) is 1.05. The van der Waals surface area contributed by atoms with Crippen LogP contribution in [0.4, 0.5) is 0 Å². The van der Waals surface area contributed by atoms with E-state index in [4.69, 9.17) is 14.0 Å². The molecule has 0 N–H and O–H groups in total. The van der Waals surface area contributed by atoms with Gasteiger partial charge in [0.05, 0.1) is 25.7 Å². The number of carbonyl (C=O) groups is 1. The molecule has 1 aliphatic heterocycles. The number of benzene rings is 2. The lowest BCUT2D eigenvalue weighted by atomic mass is 9.94. The molecule has 26 heavy (non-hydrogen) atoms. The number of ether oxygens (including phenoxy) is 2. The average Bonchev–Trinajstić information content (AvgIpc) is 3.28. The summed E-state index contributed by atoms with van der Waals surface area (Å²) in [5, 5.41) is 4.27. The predicted octanol–water partition coefficient (Wildman–Crippen LogP) is 3.97. The highest BCUT2D eigenvalue weighted by molar-refractivity contribution is 5.87. The Balaban J connectivity index is 1.89. The summed E-state index contributed by atoms with van der Waals surface area (Å²) in [6.45, 7) is 2.53. The molecule has 0 fully saturated rings. The first-order chi connectivity index (χ1) is 12.7. The lowest BCUT2D eigenvalue weighted by Gasteiger charge is -2.12. The van der Waals surface area contributed by atoms with Crippen molar-refractivity contribution in [3.63, 3.8) is 0 Å². The van der Waals surface area contributed by atoms with E-state index in [-0.39, 0.29) is 12.4 Å². The zero-order valence-corrected chi connectivity index (χ0v) is 14.7. The lowest BCUT2D eigenvalue weighted by molar-refractivity contribution is -0.139. The van der Waals surface area contributed by atoms with Crippen LogP contribution < -0.4 is 4.74 Å². The molecule has 5 nitrogen and oxygen atoms in total. The summed E-state index contributed by atoms with van der Waals surface area (Å²) in [5.74, 6) is 1.30. The number of methoxy groups -OCH3 is 1. The molecule has 132 valence electrons. The standard InChI is InChI=1S/C21H19NO4/c1-13-19(20(22-26-13)15-6-4-3-5-7-15)17-11-14(12-18(23)24-2)10-16-8-9-25-21(16)17/h3-7,10-11H,8-9,12H2,1-2H3. The second-order valence-corrected chi connectivity index (χ2v) is 6.31. The molecule has 0 spiro atoms. The molecule has 2 aromatic carbocycles. The molecule has 4 rings (SSSR count). The predicted molar refractivity (Wildman–Crippen MR) is 97.0 cm³/mol. The van der Waals surface area contributed by atoms with Crippen LogP contribution in [0.25, 0.3) is 22.4 Å². The smallest absolute Gasteiger partial charge is 0.309 e. The van der Waals surface area contributed by atoms with Gasteiger partial charge < -0.3 is 14.0 Å². The molecule has 0 bridgehead atoms. The van der Waals surface area contributed by atoms with Crippen molar-refractivity contribution < 1.29 is 18.8 Å². The van der Waals surface area contributed by atoms with Gasteiger partial charge in [-0.25, -0.2) is 0 Å². The minimum Gasteiger partial charge on any atom is -0.492 e. The van der Waals surface area contributed by atoms with Gasteiger partial charge in [-0.15, -0.1) is 0 Å². The van der Waals surface area contributed by atoms with E-state index in [1.54, 1.807) is 0 Å². The topological polar surface area (TPSA) is 61.6 Å². The Morgan fingerprint density at radius 3 is 2.81 bits per heavy atom. The van der Waals surface area contributed by atoms with Crippen molar-refractivity contribution in [3.05, 3.63) is 59.4 Å². The Labute approximate surface area is 151 Å². The first-order valence-corrected chi connectivity index (χ1v) is 8.55. The third-order valence-electron chi connectivity index (χ3n) is 4.60. The van der Waals surface area contributed by atoms with E-state index in [9.17, 15) is 4.79 Å². The zero-order valence-electron chi connectivity index (χ0n) is 14.7. The summed E-state index contributed by atoms with van der Waals surface area (Å²) >= 11 is 0. The van der Waals surface area contributed by atoms with E-state index in [0.29, 0.717) is 6.61 Å². The Morgan fingerprint density at radius 2 is 2.04 bits per heavy atom. The van der Waals surface area contributed by atoms with E-state index in [0.717, 1.165) is 51.4 Å². The Hall–Kier alpha value is -3.08. The largest absolute Gasteiger partial charge is 0.492 e. The highest BCUT2D eigenvalue weighted by atomic mass is 16.5. The Bertz CT molecular complexity index is 960. The summed E-state index contributed by atoms with van der Waals surface area (Å²) in [6, 6.07) is 13.9. The van der Waals surface area contributed by atoms with Gasteiger partial charge in [0, 0.05) is 17.5 Å². The van der Waals surface area contributed by atoms with E-state index in [1.807, 2.05) is 49.4 Å². The fourth-order valence-corrected chi connectivity index (χ4v) is 3.38. The van der Waals surface area contributed by atoms with E-state index in [1.165, 1.54) is 7.11 Å². The minimum absolute atomic E-state index is 0.224. The molecule has 2 heterocycles. The second kappa shape index (κ2) is 6.67. The highest BCUT2D eigenvalue weighted by Gasteiger charge is 2.25. The van der Waals surface area contributed by atoms with Crippen molar-refractivity contribution in [2.75, 3.05) is 13.7 Å². The van der Waals surface area contributed by atoms with Gasteiger partial charge in [0.15, 0.2) is 0 Å². The lowest BCUT2D eigenvalue weighted by Crippen LogP contribution is -2.05. The van der Waals surface area contributed by atoms with Crippen LogP contribution in [0, 0.1) is 6.92 Å². The van der Waals surface area contributed by atoms with Crippen LogP contribution in [0.5, 0.6) is 5.75 Å². The molecule has 0 saturated heterocycles. The maximum absolute atomic E-state index is 11.8. The fraction of sp³-hybridized carbons (Fsp3) is 0.238. The molecule has 1 aromatic heterocycles. The number of esters is 1. The van der Waals surface area contributed by atoms with E-state index >= 15 is 0 Å². The van der Waals surface area contributed by atoms with E-state index < -0.39 is 0 Å². The summed E-state index contributed by atoms with van der Waals surface area (Å²) in [7, 11) is 1.40. The maximum atomic E-state index is 11.8. The number of carbonyl (C=O) groups excluding carboxylic acids is 1. The van der Waals surface area contributed by atoms with Gasteiger partial charge >= 0.3 is 5.97 Å². The van der Waals surface area contributed by atoms with Crippen LogP contribution in [0.2, 0.25) is 0 Å². The van der Waals surface area contributed by atoms with Crippen LogP contribution in [0.3, 0.4) is 0 Å². The van der Waals surface area contributed by atoms with E-state index in [2.05, 4.69) is 5.16 Å². The van der Waals surface area contributed by atoms with Gasteiger partial charge in [0.2, 0.25) is 0 Å². The van der Waals surface area contributed by atoms with Gasteiger partial charge in [-0.2, -0.15) is 0 Å². The Kier molecular flexibility index (Phi) is 4.21. The average molecular weight is 349 g/mol. The molecule has 5 heteroatoms. The molecule has 0 atom stereocenters. The molecule has 0 radical (unpaired) electrons. The normalized spacial score (nSPS) is 12.5. The maximum Gasteiger partial charge on any atom is 0.309 e. The number of hydrogen-bond donors (Lipinski definition) is 0. The summed E-state index contributed by atoms with van der Waals surface area (Å²) in [5.41, 5.74) is 5.56. The molecule has 0 amide bonds. The van der Waals surface area contributed by atoms with Crippen LogP contribution in [0.1, 0.15) is 16.9 Å². The van der Waals surface area contributed by atoms with Crippen molar-refractivity contribution in [2.45, 2.75) is 19.8 Å². The first kappa shape index (κ1) is 16.4. The SMILES string of the molecule is COC(=O)Cc1cc2c(c(-c3c(-c4ccccc4)noc3C)c1)OCC2. The molecule has 0 saturated carbocycles. The second-order valence-electron chi connectivity index (χ2n) is 6.31. The van der Waals surface area contributed by atoms with Crippen molar-refractivity contribution in [1.82, 2.24) is 5.16 Å². The highest BCUT2D eigenvalue weighted by Crippen LogP contribution is 2.43. The number of aromatic nitrogens is 1. The molecule has 3 aromatic rings. The number of rotatable bonds is 4. The molecule has 0 aliphatic carbocycles. The van der Waals surface area contributed by atoms with Crippen LogP contribution in [0.15, 0.2) is 47.0 Å². The van der Waals surface area contributed by atoms with Crippen LogP contribution in [-0.2, 0) is 22.4 Å². The molecule has 1 aliphatic rings. The summed E-state index contributed by atoms with van der Waals surface area (Å²) in [4.78, 5) is 11.8. The summed E-state index contributed by atoms with van der Waals surface area (Å²) < 4.78 is 16.2. The number of aryl methyl sites for hydroxylation is 1. The first-order valence-electron chi connectivity index (χ1n) is 8.55. The van der Waals surface area contributed by atoms with Crippen molar-refractivity contribution in [1.29, 1.82) is 0 Å². The van der Waals surface area contributed by atoms with Crippen LogP contribution >= 0.6 is 0 Å². The van der Waals surface area contributed by atoms with Gasteiger partial charge in [0.1, 0.15) is 17.2 Å². The van der Waals surface area contributed by atoms with Gasteiger partial charge in [-0.3, -0.25) is 4.79 Å². The third kappa shape index (κ3) is 2.86. The third-order valence-corrected chi connectivity index (χ3v) is 4.60. The van der Waals surface area contributed by atoms with Crippen molar-refractivity contribution in [2.24, 2.45) is 0 Å². The van der Waals surface area contributed by atoms with Crippen molar-refractivity contribution in [3.8, 4) is 28.1 Å². The number of nitrogens with zero attached hydrogens (tertiary/aromatic N) is 1. The number of hydrogen-bond acceptors (Lipinski definition) is 5. The minimum atomic E-state index is -0.264. The zero-order chi connectivity index (χ0) is 18.1. The molecular formula is C21H19NO4.